The number of carbonyl (C=O) groups excluding carboxylic acids is 1. The first kappa shape index (κ1) is 23.4. The zero-order valence-corrected chi connectivity index (χ0v) is 18.7. The van der Waals surface area contributed by atoms with Gasteiger partial charge >= 0.3 is 5.97 Å². The second-order valence-electron chi connectivity index (χ2n) is 8.65. The van der Waals surface area contributed by atoms with Crippen LogP contribution >= 0.6 is 0 Å². The van der Waals surface area contributed by atoms with E-state index < -0.39 is 23.6 Å². The Kier molecular flexibility index (Phi) is 7.22. The number of hydrogen-bond donors (Lipinski definition) is 2. The molecule has 1 aromatic carbocycles. The van der Waals surface area contributed by atoms with Gasteiger partial charge in [-0.3, -0.25) is 4.98 Å². The lowest BCUT2D eigenvalue weighted by atomic mass is 9.76. The number of carbonyl (C=O) groups is 1. The molecule has 6 heteroatoms. The van der Waals surface area contributed by atoms with E-state index >= 15 is 0 Å². The zero-order valence-electron chi connectivity index (χ0n) is 18.7. The lowest BCUT2D eigenvalue weighted by molar-refractivity contribution is -0.156. The molecule has 0 spiro atoms. The highest BCUT2D eigenvalue weighted by Gasteiger charge is 2.54. The van der Waals surface area contributed by atoms with Crippen molar-refractivity contribution in [1.29, 1.82) is 10.7 Å². The van der Waals surface area contributed by atoms with Gasteiger partial charge in [0.15, 0.2) is 5.60 Å². The SMILES string of the molecule is C[C@@H](C/C=C/c1ccc(-c2ccccc2C#N)cn1)[C@@H](C)C[C@@]1(O)C(=O)O[C@H](C)[C@H]1C=N. The van der Waals surface area contributed by atoms with Crippen LogP contribution in [0.15, 0.2) is 48.7 Å². The topological polar surface area (TPSA) is 107 Å². The summed E-state index contributed by atoms with van der Waals surface area (Å²) in [6, 6.07) is 13.5. The van der Waals surface area contributed by atoms with Gasteiger partial charge in [-0.15, -0.1) is 0 Å². The minimum atomic E-state index is -1.63. The molecule has 0 amide bonds. The van der Waals surface area contributed by atoms with E-state index in [0.29, 0.717) is 5.56 Å². The van der Waals surface area contributed by atoms with Crippen LogP contribution in [0.1, 0.15) is 44.9 Å². The fourth-order valence-corrected chi connectivity index (χ4v) is 4.18. The smallest absolute Gasteiger partial charge is 0.339 e. The van der Waals surface area contributed by atoms with E-state index in [2.05, 4.69) is 18.0 Å². The summed E-state index contributed by atoms with van der Waals surface area (Å²) in [5.74, 6) is -0.973. The second kappa shape index (κ2) is 9.88. The van der Waals surface area contributed by atoms with Gasteiger partial charge in [-0.25, -0.2) is 4.79 Å². The average Bonchev–Trinajstić information content (AvgIpc) is 3.00. The molecule has 2 aromatic rings. The van der Waals surface area contributed by atoms with E-state index in [1.165, 1.54) is 0 Å². The Labute approximate surface area is 189 Å². The summed E-state index contributed by atoms with van der Waals surface area (Å²) in [5.41, 5.74) is 1.57. The lowest BCUT2D eigenvalue weighted by Crippen LogP contribution is -2.44. The molecule has 166 valence electrons. The normalized spacial score (nSPS) is 24.7. The largest absolute Gasteiger partial charge is 0.460 e. The molecule has 0 bridgehead atoms. The fraction of sp³-hybridized carbons (Fsp3) is 0.385. The van der Waals surface area contributed by atoms with E-state index in [-0.39, 0.29) is 18.3 Å². The minimum Gasteiger partial charge on any atom is -0.460 e. The van der Waals surface area contributed by atoms with Crippen molar-refractivity contribution < 1.29 is 14.6 Å². The second-order valence-corrected chi connectivity index (χ2v) is 8.65. The molecule has 6 nitrogen and oxygen atoms in total. The molecule has 1 aromatic heterocycles. The maximum atomic E-state index is 12.2. The van der Waals surface area contributed by atoms with Gasteiger partial charge in [-0.1, -0.05) is 44.2 Å². The third-order valence-electron chi connectivity index (χ3n) is 6.43. The number of nitrogens with one attached hydrogen (secondary N) is 1. The number of nitrogens with zero attached hydrogens (tertiary/aromatic N) is 2. The number of nitriles is 1. The van der Waals surface area contributed by atoms with Crippen LogP contribution in [0.25, 0.3) is 17.2 Å². The molecule has 0 unspecified atom stereocenters. The molecule has 1 saturated heterocycles. The van der Waals surface area contributed by atoms with E-state index in [4.69, 9.17) is 10.1 Å². The molecule has 3 rings (SSSR count). The van der Waals surface area contributed by atoms with Crippen molar-refractivity contribution in [2.24, 2.45) is 17.8 Å². The Morgan fingerprint density at radius 2 is 2.03 bits per heavy atom. The van der Waals surface area contributed by atoms with Crippen LogP contribution in [0.5, 0.6) is 0 Å². The maximum absolute atomic E-state index is 12.2. The number of esters is 1. The van der Waals surface area contributed by atoms with Gasteiger partial charge in [0.05, 0.1) is 23.2 Å². The molecule has 0 saturated carbocycles. The predicted molar refractivity (Wildman–Crippen MR) is 124 cm³/mol. The summed E-state index contributed by atoms with van der Waals surface area (Å²) < 4.78 is 5.18. The standard InChI is InChI=1S/C26H29N3O3/c1-17(18(2)13-26(31)24(15-28)19(3)32-25(26)30)7-6-9-22-12-11-21(16-29-22)23-10-5-4-8-20(23)14-27/h4-6,8-12,15-19,24,28,31H,7,13H2,1-3H3/b9-6+,28-15?/t17-,18-,19+,24+,26-/m0/s1. The molecule has 1 aliphatic heterocycles. The number of hydrogen-bond acceptors (Lipinski definition) is 6. The zero-order chi connectivity index (χ0) is 23.3. The summed E-state index contributed by atoms with van der Waals surface area (Å²) in [4.78, 5) is 16.7. The maximum Gasteiger partial charge on any atom is 0.339 e. The molecule has 1 fully saturated rings. The third-order valence-corrected chi connectivity index (χ3v) is 6.43. The summed E-state index contributed by atoms with van der Waals surface area (Å²) in [7, 11) is 0. The van der Waals surface area contributed by atoms with Gasteiger partial charge in [-0.05, 0) is 49.8 Å². The van der Waals surface area contributed by atoms with Crippen molar-refractivity contribution in [3.8, 4) is 17.2 Å². The summed E-state index contributed by atoms with van der Waals surface area (Å²) in [6.45, 7) is 5.80. The van der Waals surface area contributed by atoms with Gasteiger partial charge in [-0.2, -0.15) is 5.26 Å². The summed E-state index contributed by atoms with van der Waals surface area (Å²) in [5, 5.41) is 27.7. The van der Waals surface area contributed by atoms with Crippen LogP contribution < -0.4 is 0 Å². The number of ether oxygens (including phenoxy) is 1. The molecule has 0 radical (unpaired) electrons. The fourth-order valence-electron chi connectivity index (χ4n) is 4.18. The predicted octanol–water partition coefficient (Wildman–Crippen LogP) is 4.63. The third kappa shape index (κ3) is 4.79. The van der Waals surface area contributed by atoms with Crippen LogP contribution in [0.4, 0.5) is 0 Å². The Morgan fingerprint density at radius 1 is 1.28 bits per heavy atom. The monoisotopic (exact) mass is 431 g/mol. The Balaban J connectivity index is 1.60. The van der Waals surface area contributed by atoms with Crippen molar-refractivity contribution in [1.82, 2.24) is 4.98 Å². The van der Waals surface area contributed by atoms with E-state index in [0.717, 1.165) is 29.5 Å². The molecule has 2 N–H and O–H groups in total. The first-order valence-electron chi connectivity index (χ1n) is 10.9. The number of cyclic esters (lactones) is 1. The van der Waals surface area contributed by atoms with Crippen LogP contribution in [-0.4, -0.2) is 34.0 Å². The van der Waals surface area contributed by atoms with E-state index in [1.807, 2.05) is 49.4 Å². The molecule has 5 atom stereocenters. The molecule has 0 aliphatic carbocycles. The minimum absolute atomic E-state index is 0.0581. The molecule has 32 heavy (non-hydrogen) atoms. The van der Waals surface area contributed by atoms with Crippen molar-refractivity contribution in [2.45, 2.75) is 45.3 Å². The Hall–Kier alpha value is -3.30. The molecular formula is C26H29N3O3. The number of aromatic nitrogens is 1. The number of allylic oxidation sites excluding steroid dienone is 1. The van der Waals surface area contributed by atoms with Gasteiger partial charge in [0, 0.05) is 23.5 Å². The number of benzene rings is 1. The Bertz CT molecular complexity index is 1040. The van der Waals surface area contributed by atoms with Crippen molar-refractivity contribution in [3.05, 3.63) is 59.9 Å². The lowest BCUT2D eigenvalue weighted by Gasteiger charge is -2.29. The first-order valence-corrected chi connectivity index (χ1v) is 10.9. The van der Waals surface area contributed by atoms with Crippen molar-refractivity contribution >= 4 is 18.3 Å². The number of aliphatic hydroxyl groups is 1. The van der Waals surface area contributed by atoms with Crippen LogP contribution in [0.3, 0.4) is 0 Å². The highest BCUT2D eigenvalue weighted by Crippen LogP contribution is 2.38. The van der Waals surface area contributed by atoms with E-state index in [9.17, 15) is 15.2 Å². The first-order chi connectivity index (χ1) is 15.3. The van der Waals surface area contributed by atoms with Crippen molar-refractivity contribution in [2.75, 3.05) is 0 Å². The van der Waals surface area contributed by atoms with Gasteiger partial charge in [0.1, 0.15) is 6.10 Å². The number of rotatable bonds is 8. The van der Waals surface area contributed by atoms with Gasteiger partial charge < -0.3 is 15.3 Å². The van der Waals surface area contributed by atoms with Crippen molar-refractivity contribution in [3.63, 3.8) is 0 Å². The highest BCUT2D eigenvalue weighted by molar-refractivity contribution is 5.87. The average molecular weight is 432 g/mol. The van der Waals surface area contributed by atoms with Gasteiger partial charge in [0.25, 0.3) is 0 Å². The highest BCUT2D eigenvalue weighted by atomic mass is 16.6. The van der Waals surface area contributed by atoms with E-state index in [1.54, 1.807) is 19.2 Å². The summed E-state index contributed by atoms with van der Waals surface area (Å²) >= 11 is 0. The van der Waals surface area contributed by atoms with Crippen LogP contribution in [0, 0.1) is 34.5 Å². The van der Waals surface area contributed by atoms with Crippen LogP contribution in [-0.2, 0) is 9.53 Å². The molecule has 2 heterocycles. The van der Waals surface area contributed by atoms with Crippen LogP contribution in [0.2, 0.25) is 0 Å². The number of pyridine rings is 1. The quantitative estimate of drug-likeness (QED) is 0.468. The Morgan fingerprint density at radius 3 is 2.69 bits per heavy atom. The molecular weight excluding hydrogens is 402 g/mol. The molecule has 1 aliphatic rings. The van der Waals surface area contributed by atoms with Gasteiger partial charge in [0.2, 0.25) is 0 Å². The summed E-state index contributed by atoms with van der Waals surface area (Å²) in [6.07, 6.45) is 7.42.